The van der Waals surface area contributed by atoms with E-state index in [2.05, 4.69) is 10.0 Å². The number of rotatable bonds is 5. The number of piperazine rings is 1. The number of amides is 2. The second kappa shape index (κ2) is 9.90. The zero-order valence-corrected chi connectivity index (χ0v) is 19.3. The average molecular weight is 475 g/mol. The molecule has 2 aliphatic heterocycles. The van der Waals surface area contributed by atoms with Crippen LogP contribution in [0.3, 0.4) is 0 Å². The molecule has 1 saturated heterocycles. The van der Waals surface area contributed by atoms with Gasteiger partial charge in [-0.2, -0.15) is 5.10 Å². The highest BCUT2D eigenvalue weighted by Crippen LogP contribution is 2.25. The van der Waals surface area contributed by atoms with Gasteiger partial charge in [0.2, 0.25) is 5.91 Å². The highest BCUT2D eigenvalue weighted by molar-refractivity contribution is 6.40. The van der Waals surface area contributed by atoms with Crippen molar-refractivity contribution < 1.29 is 14.3 Å². The minimum atomic E-state index is -0.135. The summed E-state index contributed by atoms with van der Waals surface area (Å²) < 4.78 is 5.44. The molecule has 2 aliphatic rings. The molecule has 0 saturated carbocycles. The first kappa shape index (κ1) is 22.6. The number of hydrogen-bond acceptors (Lipinski definition) is 5. The van der Waals surface area contributed by atoms with Crippen molar-refractivity contribution in [2.75, 3.05) is 38.3 Å². The van der Waals surface area contributed by atoms with Crippen molar-refractivity contribution >= 4 is 46.4 Å². The number of anilines is 1. The lowest BCUT2D eigenvalue weighted by atomic mass is 10.1. The van der Waals surface area contributed by atoms with Crippen LogP contribution in [0.15, 0.2) is 47.6 Å². The summed E-state index contributed by atoms with van der Waals surface area (Å²) in [5.74, 6) is 0.553. The van der Waals surface area contributed by atoms with Gasteiger partial charge >= 0.3 is 0 Å². The van der Waals surface area contributed by atoms with Crippen molar-refractivity contribution in [2.24, 2.45) is 5.10 Å². The summed E-state index contributed by atoms with van der Waals surface area (Å²) in [4.78, 5) is 29.5. The van der Waals surface area contributed by atoms with E-state index in [-0.39, 0.29) is 18.2 Å². The number of hydrazone groups is 1. The first-order valence-electron chi connectivity index (χ1n) is 10.4. The van der Waals surface area contributed by atoms with Gasteiger partial charge in [-0.15, -0.1) is 0 Å². The highest BCUT2D eigenvalue weighted by Gasteiger charge is 2.30. The molecule has 1 fully saturated rings. The Morgan fingerprint density at radius 3 is 2.38 bits per heavy atom. The summed E-state index contributed by atoms with van der Waals surface area (Å²) in [7, 11) is 1.65. The molecule has 0 atom stereocenters. The van der Waals surface area contributed by atoms with Crippen LogP contribution in [0, 0.1) is 0 Å². The first-order valence-corrected chi connectivity index (χ1v) is 11.2. The Morgan fingerprint density at radius 1 is 1.00 bits per heavy atom. The maximum Gasteiger partial charge on any atom is 0.270 e. The van der Waals surface area contributed by atoms with Crippen LogP contribution < -0.4 is 9.75 Å². The number of hydrogen-bond donors (Lipinski definition) is 0. The van der Waals surface area contributed by atoms with E-state index in [0.717, 1.165) is 24.4 Å². The van der Waals surface area contributed by atoms with Crippen molar-refractivity contribution in [2.45, 2.75) is 19.4 Å². The Balaban J connectivity index is 1.40. The van der Waals surface area contributed by atoms with Crippen molar-refractivity contribution in [3.8, 4) is 5.75 Å². The fourth-order valence-corrected chi connectivity index (χ4v) is 4.22. The van der Waals surface area contributed by atoms with E-state index < -0.39 is 0 Å². The van der Waals surface area contributed by atoms with Crippen LogP contribution in [-0.2, 0) is 16.1 Å². The molecule has 2 amide bonds. The van der Waals surface area contributed by atoms with Crippen molar-refractivity contribution in [1.82, 2.24) is 9.80 Å². The average Bonchev–Trinajstić information content (AvgIpc) is 2.80. The molecule has 2 aromatic rings. The number of carbonyl (C=O) groups excluding carboxylic acids is 2. The van der Waals surface area contributed by atoms with Gasteiger partial charge in [0, 0.05) is 61.2 Å². The predicted octanol–water partition coefficient (Wildman–Crippen LogP) is 3.83. The number of methoxy groups -OCH3 is 1. The number of carbonyl (C=O) groups is 2. The molecule has 9 heteroatoms. The molecule has 0 N–H and O–H groups in total. The SMILES string of the molecule is COc1ccc(Cl)cc1CN1CCN(C(=O)C2=NN(c3ccc(Cl)cc3)C(=O)CC2)CC1. The first-order chi connectivity index (χ1) is 15.4. The minimum absolute atomic E-state index is 0.114. The summed E-state index contributed by atoms with van der Waals surface area (Å²) in [6, 6.07) is 12.4. The standard InChI is InChI=1S/C23H24Cl2N4O3/c1-32-21-8-4-18(25)14-16(21)15-27-10-12-28(13-11-27)23(31)20-7-9-22(30)29(26-20)19-5-2-17(24)3-6-19/h2-6,8,14H,7,9-13,15H2,1H3. The summed E-state index contributed by atoms with van der Waals surface area (Å²) in [5, 5.41) is 6.93. The maximum atomic E-state index is 13.1. The van der Waals surface area contributed by atoms with Crippen molar-refractivity contribution in [3.05, 3.63) is 58.1 Å². The van der Waals surface area contributed by atoms with Gasteiger partial charge in [0.15, 0.2) is 0 Å². The summed E-state index contributed by atoms with van der Waals surface area (Å²) >= 11 is 12.1. The molecule has 0 unspecified atom stereocenters. The van der Waals surface area contributed by atoms with Gasteiger partial charge in [0.25, 0.3) is 5.91 Å². The van der Waals surface area contributed by atoms with Gasteiger partial charge < -0.3 is 9.64 Å². The molecule has 0 bridgehead atoms. The summed E-state index contributed by atoms with van der Waals surface area (Å²) in [6.45, 7) is 3.35. The van der Waals surface area contributed by atoms with E-state index in [1.165, 1.54) is 5.01 Å². The zero-order chi connectivity index (χ0) is 22.7. The normalized spacial score (nSPS) is 17.3. The Hall–Kier alpha value is -2.61. The van der Waals surface area contributed by atoms with Crippen LogP contribution in [0.25, 0.3) is 0 Å². The highest BCUT2D eigenvalue weighted by atomic mass is 35.5. The Kier molecular flexibility index (Phi) is 6.98. The molecule has 2 heterocycles. The molecule has 0 aromatic heterocycles. The Labute approximate surface area is 197 Å². The molecule has 0 spiro atoms. The molecule has 32 heavy (non-hydrogen) atoms. The molecule has 4 rings (SSSR count). The topological polar surface area (TPSA) is 65.5 Å². The molecule has 168 valence electrons. The third-order valence-electron chi connectivity index (χ3n) is 5.65. The smallest absolute Gasteiger partial charge is 0.270 e. The van der Waals surface area contributed by atoms with Crippen LogP contribution >= 0.6 is 23.2 Å². The Morgan fingerprint density at radius 2 is 1.69 bits per heavy atom. The van der Waals surface area contributed by atoms with Gasteiger partial charge in [-0.25, -0.2) is 5.01 Å². The van der Waals surface area contributed by atoms with Crippen LogP contribution in [-0.4, -0.2) is 60.6 Å². The quantitative estimate of drug-likeness (QED) is 0.660. The van der Waals surface area contributed by atoms with Crippen LogP contribution in [0.2, 0.25) is 10.0 Å². The minimum Gasteiger partial charge on any atom is -0.496 e. The van der Waals surface area contributed by atoms with E-state index in [4.69, 9.17) is 27.9 Å². The zero-order valence-electron chi connectivity index (χ0n) is 17.8. The molecule has 2 aromatic carbocycles. The maximum absolute atomic E-state index is 13.1. The second-order valence-corrected chi connectivity index (χ2v) is 8.63. The molecule has 0 aliphatic carbocycles. The lowest BCUT2D eigenvalue weighted by molar-refractivity contribution is -0.126. The Bertz CT molecular complexity index is 1030. The van der Waals surface area contributed by atoms with Gasteiger partial charge in [-0.05, 0) is 42.5 Å². The van der Waals surface area contributed by atoms with Crippen LogP contribution in [0.5, 0.6) is 5.75 Å². The third-order valence-corrected chi connectivity index (χ3v) is 6.13. The van der Waals surface area contributed by atoms with E-state index >= 15 is 0 Å². The monoisotopic (exact) mass is 474 g/mol. The third kappa shape index (κ3) is 5.06. The predicted molar refractivity (Wildman–Crippen MR) is 125 cm³/mol. The number of nitrogens with zero attached hydrogens (tertiary/aromatic N) is 4. The van der Waals surface area contributed by atoms with Gasteiger partial charge in [0.05, 0.1) is 12.8 Å². The van der Waals surface area contributed by atoms with Crippen LogP contribution in [0.1, 0.15) is 18.4 Å². The van der Waals surface area contributed by atoms with Crippen molar-refractivity contribution in [3.63, 3.8) is 0 Å². The number of benzene rings is 2. The van der Waals surface area contributed by atoms with E-state index in [1.807, 2.05) is 18.2 Å². The van der Waals surface area contributed by atoms with Gasteiger partial charge in [-0.1, -0.05) is 23.2 Å². The summed E-state index contributed by atoms with van der Waals surface area (Å²) in [6.07, 6.45) is 0.601. The fraction of sp³-hybridized carbons (Fsp3) is 0.348. The lowest BCUT2D eigenvalue weighted by Gasteiger charge is -2.35. The van der Waals surface area contributed by atoms with E-state index in [1.54, 1.807) is 36.3 Å². The van der Waals surface area contributed by atoms with E-state index in [0.29, 0.717) is 47.5 Å². The summed E-state index contributed by atoms with van der Waals surface area (Å²) in [5.41, 5.74) is 2.03. The largest absolute Gasteiger partial charge is 0.496 e. The van der Waals surface area contributed by atoms with Crippen molar-refractivity contribution in [1.29, 1.82) is 0 Å². The lowest BCUT2D eigenvalue weighted by Crippen LogP contribution is -2.51. The fourth-order valence-electron chi connectivity index (χ4n) is 3.89. The van der Waals surface area contributed by atoms with Gasteiger partial charge in [0.1, 0.15) is 11.5 Å². The van der Waals surface area contributed by atoms with Crippen LogP contribution in [0.4, 0.5) is 5.69 Å². The van der Waals surface area contributed by atoms with Gasteiger partial charge in [-0.3, -0.25) is 14.5 Å². The number of halogens is 2. The number of ether oxygens (including phenoxy) is 1. The molecule has 0 radical (unpaired) electrons. The molecular formula is C23H24Cl2N4O3. The second-order valence-electron chi connectivity index (χ2n) is 7.75. The molecular weight excluding hydrogens is 451 g/mol. The molecule has 7 nitrogen and oxygen atoms in total. The van der Waals surface area contributed by atoms with E-state index in [9.17, 15) is 9.59 Å².